The number of hydrogen-bond donors (Lipinski definition) is 2. The van der Waals surface area contributed by atoms with Crippen LogP contribution in [-0.2, 0) is 11.8 Å². The van der Waals surface area contributed by atoms with Crippen LogP contribution in [0, 0.1) is 0 Å². The molecule has 0 fully saturated rings. The van der Waals surface area contributed by atoms with Crippen LogP contribution in [-0.4, -0.2) is 32.9 Å². The van der Waals surface area contributed by atoms with Crippen LogP contribution in [0.3, 0.4) is 0 Å². The normalized spacial score (nSPS) is 12.0. The van der Waals surface area contributed by atoms with Gasteiger partial charge in [-0.15, -0.1) is 0 Å². The molecule has 5 heteroatoms. The second kappa shape index (κ2) is 5.63. The molecular weight excluding hydrogens is 218 g/mol. The molecule has 0 unspecified atom stereocenters. The lowest BCUT2D eigenvalue weighted by molar-refractivity contribution is -0.118. The smallest absolute Gasteiger partial charge is 0.244 e. The molecule has 0 saturated heterocycles. The molecule has 1 amide bonds. The number of aliphatic hydroxyl groups excluding tert-OH is 1. The van der Waals surface area contributed by atoms with E-state index in [0.29, 0.717) is 6.42 Å². The van der Waals surface area contributed by atoms with Crippen LogP contribution in [0.1, 0.15) is 25.8 Å². The van der Waals surface area contributed by atoms with Gasteiger partial charge in [0.25, 0.3) is 0 Å². The number of carbonyl (C=O) groups is 1. The van der Waals surface area contributed by atoms with Gasteiger partial charge in [0.2, 0.25) is 5.91 Å². The van der Waals surface area contributed by atoms with Crippen LogP contribution in [0.25, 0.3) is 6.08 Å². The Morgan fingerprint density at radius 2 is 2.35 bits per heavy atom. The fourth-order valence-electron chi connectivity index (χ4n) is 1.42. The van der Waals surface area contributed by atoms with Crippen molar-refractivity contribution in [3.05, 3.63) is 24.0 Å². The predicted octanol–water partition coefficient (Wildman–Crippen LogP) is 0.710. The zero-order chi connectivity index (χ0) is 12.9. The maximum Gasteiger partial charge on any atom is 0.244 e. The van der Waals surface area contributed by atoms with Crippen molar-refractivity contribution >= 4 is 12.0 Å². The molecular formula is C12H19N3O2. The first-order valence-corrected chi connectivity index (χ1v) is 5.53. The van der Waals surface area contributed by atoms with Gasteiger partial charge in [0, 0.05) is 37.0 Å². The van der Waals surface area contributed by atoms with Gasteiger partial charge in [-0.25, -0.2) is 0 Å². The van der Waals surface area contributed by atoms with E-state index in [4.69, 9.17) is 5.11 Å². The summed E-state index contributed by atoms with van der Waals surface area (Å²) in [4.78, 5) is 11.6. The first-order valence-electron chi connectivity index (χ1n) is 5.53. The van der Waals surface area contributed by atoms with E-state index in [1.807, 2.05) is 27.1 Å². The van der Waals surface area contributed by atoms with Crippen molar-refractivity contribution in [1.82, 2.24) is 15.1 Å². The standard InChI is InChI=1S/C12H19N3O2/c1-12(2,6-7-16)14-11(17)5-4-10-8-13-15(3)9-10/h4-5,8-9,16H,6-7H2,1-3H3,(H,14,17)/b5-4+. The third-order valence-electron chi connectivity index (χ3n) is 2.35. The number of carbonyl (C=O) groups excluding carboxylic acids is 1. The molecule has 1 aromatic heterocycles. The molecule has 1 aromatic rings. The number of hydrogen-bond acceptors (Lipinski definition) is 3. The highest BCUT2D eigenvalue weighted by atomic mass is 16.3. The molecule has 0 atom stereocenters. The summed E-state index contributed by atoms with van der Waals surface area (Å²) in [5.74, 6) is -0.174. The van der Waals surface area contributed by atoms with Crippen molar-refractivity contribution in [2.45, 2.75) is 25.8 Å². The predicted molar refractivity (Wildman–Crippen MR) is 66.2 cm³/mol. The third-order valence-corrected chi connectivity index (χ3v) is 2.35. The highest BCUT2D eigenvalue weighted by Crippen LogP contribution is 2.07. The number of aliphatic hydroxyl groups is 1. The summed E-state index contributed by atoms with van der Waals surface area (Å²) in [7, 11) is 1.82. The number of aryl methyl sites for hydroxylation is 1. The molecule has 0 spiro atoms. The van der Waals surface area contributed by atoms with Crippen LogP contribution >= 0.6 is 0 Å². The second-order valence-electron chi connectivity index (χ2n) is 4.63. The average molecular weight is 237 g/mol. The fraction of sp³-hybridized carbons (Fsp3) is 0.500. The maximum atomic E-state index is 11.6. The second-order valence-corrected chi connectivity index (χ2v) is 4.63. The molecule has 0 aliphatic carbocycles. The van der Waals surface area contributed by atoms with Crippen LogP contribution in [0.5, 0.6) is 0 Å². The van der Waals surface area contributed by atoms with Gasteiger partial charge >= 0.3 is 0 Å². The maximum absolute atomic E-state index is 11.6. The SMILES string of the molecule is Cn1cc(/C=C/C(=O)NC(C)(C)CCO)cn1. The monoisotopic (exact) mass is 237 g/mol. The zero-order valence-electron chi connectivity index (χ0n) is 10.5. The van der Waals surface area contributed by atoms with Gasteiger partial charge in [-0.3, -0.25) is 9.48 Å². The Morgan fingerprint density at radius 3 is 2.88 bits per heavy atom. The van der Waals surface area contributed by atoms with E-state index in [2.05, 4.69) is 10.4 Å². The quantitative estimate of drug-likeness (QED) is 0.741. The van der Waals surface area contributed by atoms with Crippen LogP contribution in [0.2, 0.25) is 0 Å². The van der Waals surface area contributed by atoms with Gasteiger partial charge in [0.1, 0.15) is 0 Å². The summed E-state index contributed by atoms with van der Waals surface area (Å²) in [6, 6.07) is 0. The molecule has 0 radical (unpaired) electrons. The Morgan fingerprint density at radius 1 is 1.65 bits per heavy atom. The van der Waals surface area contributed by atoms with Crippen molar-refractivity contribution in [2.24, 2.45) is 7.05 Å². The van der Waals surface area contributed by atoms with Crippen molar-refractivity contribution in [1.29, 1.82) is 0 Å². The van der Waals surface area contributed by atoms with Crippen molar-refractivity contribution in [2.75, 3.05) is 6.61 Å². The largest absolute Gasteiger partial charge is 0.396 e. The molecule has 5 nitrogen and oxygen atoms in total. The lowest BCUT2D eigenvalue weighted by Crippen LogP contribution is -2.43. The Hall–Kier alpha value is -1.62. The lowest BCUT2D eigenvalue weighted by atomic mass is 10.0. The highest BCUT2D eigenvalue weighted by molar-refractivity contribution is 5.92. The molecule has 17 heavy (non-hydrogen) atoms. The minimum Gasteiger partial charge on any atom is -0.396 e. The minimum atomic E-state index is -0.398. The van der Waals surface area contributed by atoms with Crippen molar-refractivity contribution < 1.29 is 9.90 Å². The number of nitrogens with zero attached hydrogens (tertiary/aromatic N) is 2. The molecule has 2 N–H and O–H groups in total. The Bertz CT molecular complexity index is 408. The number of rotatable bonds is 5. The topological polar surface area (TPSA) is 67.2 Å². The van der Waals surface area contributed by atoms with Crippen LogP contribution < -0.4 is 5.32 Å². The number of aromatic nitrogens is 2. The van der Waals surface area contributed by atoms with Gasteiger partial charge in [0.15, 0.2) is 0 Å². The molecule has 1 rings (SSSR count). The van der Waals surface area contributed by atoms with E-state index < -0.39 is 5.54 Å². The number of amides is 1. The van der Waals surface area contributed by atoms with Crippen molar-refractivity contribution in [3.8, 4) is 0 Å². The highest BCUT2D eigenvalue weighted by Gasteiger charge is 2.17. The molecule has 0 bridgehead atoms. The molecule has 94 valence electrons. The van der Waals surface area contributed by atoms with Crippen LogP contribution in [0.4, 0.5) is 0 Å². The van der Waals surface area contributed by atoms with Gasteiger partial charge in [0.05, 0.1) is 6.20 Å². The summed E-state index contributed by atoms with van der Waals surface area (Å²) in [5.41, 5.74) is 0.480. The summed E-state index contributed by atoms with van der Waals surface area (Å²) < 4.78 is 1.67. The van der Waals surface area contributed by atoms with E-state index in [-0.39, 0.29) is 12.5 Å². The Kier molecular flexibility index (Phi) is 4.45. The summed E-state index contributed by atoms with van der Waals surface area (Å²) in [5, 5.41) is 15.7. The molecule has 0 aliphatic heterocycles. The molecule has 0 aliphatic rings. The molecule has 0 saturated carbocycles. The number of nitrogens with one attached hydrogen (secondary N) is 1. The summed E-state index contributed by atoms with van der Waals surface area (Å²) in [6.45, 7) is 3.80. The Labute approximate surface area is 101 Å². The van der Waals surface area contributed by atoms with E-state index in [1.165, 1.54) is 6.08 Å². The minimum absolute atomic E-state index is 0.0552. The zero-order valence-corrected chi connectivity index (χ0v) is 10.5. The van der Waals surface area contributed by atoms with Gasteiger partial charge < -0.3 is 10.4 Å². The van der Waals surface area contributed by atoms with Crippen molar-refractivity contribution in [3.63, 3.8) is 0 Å². The van der Waals surface area contributed by atoms with E-state index in [0.717, 1.165) is 5.56 Å². The summed E-state index contributed by atoms with van der Waals surface area (Å²) in [6.07, 6.45) is 7.21. The van der Waals surface area contributed by atoms with Gasteiger partial charge in [-0.05, 0) is 26.3 Å². The van der Waals surface area contributed by atoms with E-state index in [1.54, 1.807) is 17.0 Å². The van der Waals surface area contributed by atoms with E-state index in [9.17, 15) is 4.79 Å². The molecule has 1 heterocycles. The first kappa shape index (κ1) is 13.4. The fourth-order valence-corrected chi connectivity index (χ4v) is 1.42. The van der Waals surface area contributed by atoms with Gasteiger partial charge in [-0.1, -0.05) is 0 Å². The average Bonchev–Trinajstić information content (AvgIpc) is 2.60. The third kappa shape index (κ3) is 4.82. The molecule has 0 aromatic carbocycles. The lowest BCUT2D eigenvalue weighted by Gasteiger charge is -2.24. The first-order chi connectivity index (χ1) is 7.93. The van der Waals surface area contributed by atoms with Gasteiger partial charge in [-0.2, -0.15) is 5.10 Å². The van der Waals surface area contributed by atoms with E-state index >= 15 is 0 Å². The Balaban J connectivity index is 2.52. The summed E-state index contributed by atoms with van der Waals surface area (Å²) >= 11 is 0. The van der Waals surface area contributed by atoms with Crippen LogP contribution in [0.15, 0.2) is 18.5 Å².